The lowest BCUT2D eigenvalue weighted by atomic mass is 9.86. The van der Waals surface area contributed by atoms with Gasteiger partial charge in [-0.3, -0.25) is 0 Å². The third kappa shape index (κ3) is 3.02. The second-order valence-electron chi connectivity index (χ2n) is 4.93. The van der Waals surface area contributed by atoms with E-state index in [1.54, 1.807) is 0 Å². The number of unbranched alkanes of at least 4 members (excludes halogenated alkanes) is 1. The van der Waals surface area contributed by atoms with Crippen molar-refractivity contribution >= 4 is 5.71 Å². The molecule has 0 aromatic carbocycles. The van der Waals surface area contributed by atoms with Crippen molar-refractivity contribution in [2.75, 3.05) is 0 Å². The van der Waals surface area contributed by atoms with Crippen LogP contribution < -0.4 is 0 Å². The molecule has 0 aromatic heterocycles. The van der Waals surface area contributed by atoms with E-state index >= 15 is 0 Å². The Bertz CT molecular complexity index is 191. The highest BCUT2D eigenvalue weighted by Gasteiger charge is 2.31. The van der Waals surface area contributed by atoms with Crippen LogP contribution in [0.3, 0.4) is 0 Å². The van der Waals surface area contributed by atoms with Crippen LogP contribution >= 0.6 is 0 Å². The molecule has 2 nitrogen and oxygen atoms in total. The lowest BCUT2D eigenvalue weighted by molar-refractivity contribution is 0.00830. The summed E-state index contributed by atoms with van der Waals surface area (Å²) in [5, 5.41) is 4.14. The lowest BCUT2D eigenvalue weighted by Gasteiger charge is -2.23. The first kappa shape index (κ1) is 10.6. The smallest absolute Gasteiger partial charge is 0.137 e. The molecular weight excluding hydrogens is 162 g/mol. The maximum atomic E-state index is 5.42. The normalized spacial score (nSPS) is 22.8. The highest BCUT2D eigenvalue weighted by Crippen LogP contribution is 2.29. The summed E-state index contributed by atoms with van der Waals surface area (Å²) < 4.78 is 0. The molecule has 0 fully saturated rings. The molecule has 76 valence electrons. The summed E-state index contributed by atoms with van der Waals surface area (Å²) in [6, 6.07) is 0. The quantitative estimate of drug-likeness (QED) is 0.657. The van der Waals surface area contributed by atoms with Gasteiger partial charge in [0, 0.05) is 11.8 Å². The Morgan fingerprint density at radius 3 is 2.62 bits per heavy atom. The Morgan fingerprint density at radius 1 is 1.46 bits per heavy atom. The third-order valence-electron chi connectivity index (χ3n) is 2.51. The van der Waals surface area contributed by atoms with Crippen LogP contribution in [0.1, 0.15) is 53.4 Å². The lowest BCUT2D eigenvalue weighted by Crippen LogP contribution is -2.26. The van der Waals surface area contributed by atoms with Crippen molar-refractivity contribution in [1.82, 2.24) is 0 Å². The summed E-state index contributed by atoms with van der Waals surface area (Å²) in [6.45, 7) is 8.82. The van der Waals surface area contributed by atoms with Crippen LogP contribution in [0, 0.1) is 5.41 Å². The van der Waals surface area contributed by atoms with E-state index in [0.717, 1.165) is 12.8 Å². The number of nitrogens with zero attached hydrogens (tertiary/aromatic N) is 1. The molecule has 0 amide bonds. The topological polar surface area (TPSA) is 21.6 Å². The maximum Gasteiger partial charge on any atom is 0.137 e. The second kappa shape index (κ2) is 4.12. The Kier molecular flexibility index (Phi) is 3.34. The Hall–Kier alpha value is -0.530. The van der Waals surface area contributed by atoms with E-state index in [2.05, 4.69) is 32.9 Å². The van der Waals surface area contributed by atoms with Gasteiger partial charge in [0.15, 0.2) is 0 Å². The van der Waals surface area contributed by atoms with E-state index < -0.39 is 0 Å². The molecule has 0 aromatic rings. The fraction of sp³-hybridized carbons (Fsp3) is 0.909. The van der Waals surface area contributed by atoms with Gasteiger partial charge in [-0.1, -0.05) is 39.3 Å². The van der Waals surface area contributed by atoms with Crippen LogP contribution in [0.2, 0.25) is 0 Å². The molecule has 1 aliphatic heterocycles. The highest BCUT2D eigenvalue weighted by atomic mass is 16.6. The van der Waals surface area contributed by atoms with Crippen LogP contribution in [0.4, 0.5) is 0 Å². The van der Waals surface area contributed by atoms with Crippen LogP contribution in [-0.2, 0) is 4.84 Å². The average molecular weight is 183 g/mol. The molecular formula is C11H21NO. The second-order valence-corrected chi connectivity index (χ2v) is 4.93. The molecule has 0 saturated heterocycles. The monoisotopic (exact) mass is 183 g/mol. The van der Waals surface area contributed by atoms with Gasteiger partial charge in [0.25, 0.3) is 0 Å². The molecule has 1 aliphatic rings. The zero-order valence-corrected chi connectivity index (χ0v) is 9.26. The molecule has 0 saturated carbocycles. The molecule has 1 unspecified atom stereocenters. The average Bonchev–Trinajstić information content (AvgIpc) is 2.47. The van der Waals surface area contributed by atoms with Gasteiger partial charge < -0.3 is 4.84 Å². The summed E-state index contributed by atoms with van der Waals surface area (Å²) in [7, 11) is 0. The molecule has 1 rings (SSSR count). The van der Waals surface area contributed by atoms with Gasteiger partial charge in [0.1, 0.15) is 6.10 Å². The summed E-state index contributed by atoms with van der Waals surface area (Å²) in [5.41, 5.74) is 1.47. The van der Waals surface area contributed by atoms with Gasteiger partial charge in [-0.05, 0) is 12.8 Å². The van der Waals surface area contributed by atoms with Gasteiger partial charge in [-0.25, -0.2) is 0 Å². The molecule has 2 heteroatoms. The fourth-order valence-electron chi connectivity index (χ4n) is 1.42. The highest BCUT2D eigenvalue weighted by molar-refractivity contribution is 5.85. The van der Waals surface area contributed by atoms with Crippen molar-refractivity contribution in [3.8, 4) is 0 Å². The molecule has 1 atom stereocenters. The van der Waals surface area contributed by atoms with E-state index in [1.807, 2.05) is 0 Å². The predicted molar refractivity (Wildman–Crippen MR) is 55.9 cm³/mol. The van der Waals surface area contributed by atoms with Crippen molar-refractivity contribution in [3.05, 3.63) is 0 Å². The van der Waals surface area contributed by atoms with Crippen LogP contribution in [0.25, 0.3) is 0 Å². The van der Waals surface area contributed by atoms with Gasteiger partial charge in [-0.2, -0.15) is 0 Å². The number of rotatable bonds is 3. The molecule has 0 N–H and O–H groups in total. The molecule has 0 aliphatic carbocycles. The van der Waals surface area contributed by atoms with Gasteiger partial charge in [-0.15, -0.1) is 0 Å². The first-order valence-corrected chi connectivity index (χ1v) is 5.25. The Morgan fingerprint density at radius 2 is 2.15 bits per heavy atom. The largest absolute Gasteiger partial charge is 0.392 e. The number of oxime groups is 1. The minimum Gasteiger partial charge on any atom is -0.392 e. The van der Waals surface area contributed by atoms with Crippen molar-refractivity contribution < 1.29 is 4.84 Å². The summed E-state index contributed by atoms with van der Waals surface area (Å²) in [4.78, 5) is 5.42. The molecule has 0 radical (unpaired) electrons. The van der Waals surface area contributed by atoms with Crippen molar-refractivity contribution in [3.63, 3.8) is 0 Å². The number of hydrogen-bond acceptors (Lipinski definition) is 2. The zero-order chi connectivity index (χ0) is 9.90. The van der Waals surface area contributed by atoms with E-state index in [9.17, 15) is 0 Å². The van der Waals surface area contributed by atoms with Crippen LogP contribution in [0.15, 0.2) is 5.16 Å². The maximum absolute atomic E-state index is 5.42. The summed E-state index contributed by atoms with van der Waals surface area (Å²) in [5.74, 6) is 0. The molecule has 0 bridgehead atoms. The van der Waals surface area contributed by atoms with Gasteiger partial charge >= 0.3 is 0 Å². The van der Waals surface area contributed by atoms with E-state index in [0.29, 0.717) is 6.10 Å². The van der Waals surface area contributed by atoms with Crippen LogP contribution in [0.5, 0.6) is 0 Å². The Balaban J connectivity index is 2.34. The van der Waals surface area contributed by atoms with E-state index in [1.165, 1.54) is 18.6 Å². The molecule has 13 heavy (non-hydrogen) atoms. The fourth-order valence-corrected chi connectivity index (χ4v) is 1.42. The first-order chi connectivity index (χ1) is 6.04. The molecule has 1 heterocycles. The van der Waals surface area contributed by atoms with Gasteiger partial charge in [0.2, 0.25) is 0 Å². The standard InChI is InChI=1S/C11H21NO/c1-5-6-7-9-8-10(13-12-9)11(2,3)4/h10H,5-8H2,1-4H3. The van der Waals surface area contributed by atoms with E-state index in [-0.39, 0.29) is 5.41 Å². The van der Waals surface area contributed by atoms with Gasteiger partial charge in [0.05, 0.1) is 5.71 Å². The SMILES string of the molecule is CCCCC1=NOC(C(C)(C)C)C1. The minimum absolute atomic E-state index is 0.220. The third-order valence-corrected chi connectivity index (χ3v) is 2.51. The van der Waals surface area contributed by atoms with Crippen molar-refractivity contribution in [2.45, 2.75) is 59.5 Å². The summed E-state index contributed by atoms with van der Waals surface area (Å²) >= 11 is 0. The predicted octanol–water partition coefficient (Wildman–Crippen LogP) is 3.37. The van der Waals surface area contributed by atoms with E-state index in [4.69, 9.17) is 4.84 Å². The van der Waals surface area contributed by atoms with Crippen molar-refractivity contribution in [2.24, 2.45) is 10.6 Å². The minimum atomic E-state index is 0.220. The van der Waals surface area contributed by atoms with Crippen molar-refractivity contribution in [1.29, 1.82) is 0 Å². The molecule has 0 spiro atoms. The Labute approximate surface area is 81.3 Å². The summed E-state index contributed by atoms with van der Waals surface area (Å²) in [6.07, 6.45) is 4.91. The number of hydrogen-bond donors (Lipinski definition) is 0. The zero-order valence-electron chi connectivity index (χ0n) is 9.26. The van der Waals surface area contributed by atoms with Crippen LogP contribution in [-0.4, -0.2) is 11.8 Å². The first-order valence-electron chi connectivity index (χ1n) is 5.25.